The number of hydrogen-bond donors (Lipinski definition) is 1. The van der Waals surface area contributed by atoms with Gasteiger partial charge in [0.2, 0.25) is 5.91 Å². The predicted molar refractivity (Wildman–Crippen MR) is 94.9 cm³/mol. The zero-order chi connectivity index (χ0) is 16.4. The Bertz CT molecular complexity index is 684. The third kappa shape index (κ3) is 4.23. The molecule has 0 radical (unpaired) electrons. The van der Waals surface area contributed by atoms with E-state index >= 15 is 0 Å². The van der Waals surface area contributed by atoms with Crippen molar-refractivity contribution in [2.24, 2.45) is 5.92 Å². The van der Waals surface area contributed by atoms with Gasteiger partial charge in [0.05, 0.1) is 6.04 Å². The number of likely N-dealkylation sites (tertiary alicyclic amines) is 1. The van der Waals surface area contributed by atoms with Crippen molar-refractivity contribution in [2.75, 3.05) is 13.1 Å². The van der Waals surface area contributed by atoms with Crippen LogP contribution in [0.1, 0.15) is 30.7 Å². The Morgan fingerprint density at radius 1 is 0.920 bits per heavy atom. The molecule has 4 rings (SSSR count). The number of rotatable bonds is 4. The lowest BCUT2D eigenvalue weighted by molar-refractivity contribution is -0.614. The van der Waals surface area contributed by atoms with Gasteiger partial charge in [-0.2, -0.15) is 0 Å². The van der Waals surface area contributed by atoms with Gasteiger partial charge in [-0.05, 0) is 30.0 Å². The van der Waals surface area contributed by atoms with E-state index < -0.39 is 0 Å². The van der Waals surface area contributed by atoms with E-state index in [2.05, 4.69) is 64.8 Å². The van der Waals surface area contributed by atoms with Crippen LogP contribution in [0.25, 0.3) is 0 Å². The largest absolute Gasteiger partial charge is 1.00 e. The maximum atomic E-state index is 12.7. The second kappa shape index (κ2) is 8.03. The fourth-order valence-corrected chi connectivity index (χ4v) is 3.89. The summed E-state index contributed by atoms with van der Waals surface area (Å²) in [5, 5.41) is 2.37. The van der Waals surface area contributed by atoms with E-state index in [0.717, 1.165) is 32.4 Å². The van der Waals surface area contributed by atoms with Crippen molar-refractivity contribution in [2.45, 2.75) is 31.2 Å². The lowest BCUT2D eigenvalue weighted by atomic mass is 10.0. The van der Waals surface area contributed by atoms with Gasteiger partial charge < -0.3 is 22.6 Å². The van der Waals surface area contributed by atoms with Crippen LogP contribution in [0.3, 0.4) is 0 Å². The Balaban J connectivity index is 0.00000182. The van der Waals surface area contributed by atoms with Crippen LogP contribution in [0.5, 0.6) is 0 Å². The SMILES string of the molecule is O=C(C1CC1c1ccccc1)N1CCC([NH2+]c2ccccc2)CC1.[Cl-]. The monoisotopic (exact) mass is 356 g/mol. The van der Waals surface area contributed by atoms with Crippen LogP contribution in [-0.2, 0) is 4.79 Å². The molecule has 0 aromatic heterocycles. The minimum absolute atomic E-state index is 0. The van der Waals surface area contributed by atoms with Crippen molar-refractivity contribution >= 4 is 11.6 Å². The topological polar surface area (TPSA) is 36.9 Å². The van der Waals surface area contributed by atoms with E-state index in [1.54, 1.807) is 0 Å². The molecule has 0 bridgehead atoms. The number of halogens is 1. The number of nitrogens with zero attached hydrogens (tertiary/aromatic N) is 1. The Hall–Kier alpha value is -1.84. The number of hydrogen-bond acceptors (Lipinski definition) is 1. The number of quaternary nitrogens is 1. The first kappa shape index (κ1) is 18.0. The molecule has 3 nitrogen and oxygen atoms in total. The van der Waals surface area contributed by atoms with E-state index in [1.807, 2.05) is 6.07 Å². The van der Waals surface area contributed by atoms with Crippen LogP contribution in [0, 0.1) is 5.92 Å². The van der Waals surface area contributed by atoms with Crippen LogP contribution in [0.15, 0.2) is 60.7 Å². The Morgan fingerprint density at radius 2 is 1.52 bits per heavy atom. The molecule has 1 saturated carbocycles. The summed E-state index contributed by atoms with van der Waals surface area (Å²) < 4.78 is 0. The maximum Gasteiger partial charge on any atom is 0.226 e. The van der Waals surface area contributed by atoms with Gasteiger partial charge >= 0.3 is 0 Å². The summed E-state index contributed by atoms with van der Waals surface area (Å²) >= 11 is 0. The fourth-order valence-electron chi connectivity index (χ4n) is 3.89. The first-order chi connectivity index (χ1) is 11.8. The summed E-state index contributed by atoms with van der Waals surface area (Å²) in [6, 6.07) is 21.6. The molecule has 1 heterocycles. The van der Waals surface area contributed by atoms with Gasteiger partial charge in [-0.15, -0.1) is 0 Å². The average molecular weight is 357 g/mol. The van der Waals surface area contributed by atoms with Crippen LogP contribution >= 0.6 is 0 Å². The molecule has 2 aliphatic rings. The molecule has 2 atom stereocenters. The van der Waals surface area contributed by atoms with E-state index in [1.165, 1.54) is 11.3 Å². The number of amides is 1. The molecule has 1 aliphatic heterocycles. The lowest BCUT2D eigenvalue weighted by Crippen LogP contribution is -3.00. The van der Waals surface area contributed by atoms with Gasteiger partial charge in [0, 0.05) is 31.8 Å². The highest BCUT2D eigenvalue weighted by Crippen LogP contribution is 2.48. The second-order valence-corrected chi connectivity index (χ2v) is 7.10. The molecule has 2 fully saturated rings. The first-order valence-electron chi connectivity index (χ1n) is 9.05. The number of carbonyl (C=O) groups is 1. The van der Waals surface area contributed by atoms with Crippen molar-refractivity contribution in [1.82, 2.24) is 4.90 Å². The predicted octanol–water partition coefficient (Wildman–Crippen LogP) is -0.320. The molecule has 2 N–H and O–H groups in total. The summed E-state index contributed by atoms with van der Waals surface area (Å²) in [5.41, 5.74) is 2.62. The fraction of sp³-hybridized carbons (Fsp3) is 0.381. The first-order valence-corrected chi connectivity index (χ1v) is 9.05. The van der Waals surface area contributed by atoms with Crippen molar-refractivity contribution in [3.05, 3.63) is 66.2 Å². The highest BCUT2D eigenvalue weighted by molar-refractivity contribution is 5.83. The summed E-state index contributed by atoms with van der Waals surface area (Å²) in [7, 11) is 0. The van der Waals surface area contributed by atoms with Crippen molar-refractivity contribution in [3.63, 3.8) is 0 Å². The van der Waals surface area contributed by atoms with E-state index in [0.29, 0.717) is 17.9 Å². The quantitative estimate of drug-likeness (QED) is 0.749. The Labute approximate surface area is 155 Å². The van der Waals surface area contributed by atoms with Gasteiger partial charge in [0.15, 0.2) is 0 Å². The van der Waals surface area contributed by atoms with Crippen LogP contribution < -0.4 is 17.7 Å². The van der Waals surface area contributed by atoms with Crippen LogP contribution in [0.4, 0.5) is 5.69 Å². The number of benzene rings is 2. The van der Waals surface area contributed by atoms with E-state index in [9.17, 15) is 4.79 Å². The average Bonchev–Trinajstić information content (AvgIpc) is 3.44. The Morgan fingerprint density at radius 3 is 2.16 bits per heavy atom. The molecule has 2 unspecified atom stereocenters. The molecule has 1 aliphatic carbocycles. The standard InChI is InChI=1S/C21H24N2O.ClH/c24-21(20-15-19(20)16-7-3-1-4-8-16)23-13-11-18(12-14-23)22-17-9-5-2-6-10-17;/h1-10,18-20,22H,11-15H2;1H. The molecule has 0 spiro atoms. The Kier molecular flexibility index (Phi) is 5.77. The molecule has 1 saturated heterocycles. The van der Waals surface area contributed by atoms with Gasteiger partial charge in [0.1, 0.15) is 5.69 Å². The van der Waals surface area contributed by atoms with E-state index in [4.69, 9.17) is 0 Å². The zero-order valence-corrected chi connectivity index (χ0v) is 15.1. The normalized spacial score (nSPS) is 23.0. The summed E-state index contributed by atoms with van der Waals surface area (Å²) in [6.45, 7) is 1.82. The third-order valence-electron chi connectivity index (χ3n) is 5.41. The summed E-state index contributed by atoms with van der Waals surface area (Å²) in [6.07, 6.45) is 3.20. The highest BCUT2D eigenvalue weighted by atomic mass is 35.5. The van der Waals surface area contributed by atoms with Crippen molar-refractivity contribution in [3.8, 4) is 0 Å². The molecule has 4 heteroatoms. The van der Waals surface area contributed by atoms with Crippen molar-refractivity contribution < 1.29 is 22.5 Å². The second-order valence-electron chi connectivity index (χ2n) is 7.10. The van der Waals surface area contributed by atoms with Gasteiger partial charge in [-0.3, -0.25) is 4.79 Å². The van der Waals surface area contributed by atoms with Gasteiger partial charge in [-0.1, -0.05) is 48.5 Å². The summed E-state index contributed by atoms with van der Waals surface area (Å²) in [5.74, 6) is 1.05. The minimum Gasteiger partial charge on any atom is -1.00 e. The van der Waals surface area contributed by atoms with Crippen molar-refractivity contribution in [1.29, 1.82) is 0 Å². The number of nitrogens with two attached hydrogens (primary N) is 1. The number of carbonyl (C=O) groups excluding carboxylic acids is 1. The molecule has 2 aromatic carbocycles. The minimum atomic E-state index is 0. The maximum absolute atomic E-state index is 12.7. The lowest BCUT2D eigenvalue weighted by Gasteiger charge is -2.31. The molecular formula is C21H25ClN2O. The zero-order valence-electron chi connectivity index (χ0n) is 14.4. The smallest absolute Gasteiger partial charge is 0.226 e. The number of para-hydroxylation sites is 1. The highest BCUT2D eigenvalue weighted by Gasteiger charge is 2.46. The van der Waals surface area contributed by atoms with Gasteiger partial charge in [0.25, 0.3) is 0 Å². The molecular weight excluding hydrogens is 332 g/mol. The third-order valence-corrected chi connectivity index (χ3v) is 5.41. The summed E-state index contributed by atoms with van der Waals surface area (Å²) in [4.78, 5) is 14.8. The van der Waals surface area contributed by atoms with Crippen LogP contribution in [-0.4, -0.2) is 29.9 Å². The van der Waals surface area contributed by atoms with E-state index in [-0.39, 0.29) is 18.3 Å². The van der Waals surface area contributed by atoms with Crippen LogP contribution in [0.2, 0.25) is 0 Å². The molecule has 25 heavy (non-hydrogen) atoms. The molecule has 1 amide bonds. The van der Waals surface area contributed by atoms with Gasteiger partial charge in [-0.25, -0.2) is 0 Å². The number of piperidine rings is 1. The molecule has 2 aromatic rings. The molecule has 132 valence electrons.